The van der Waals surface area contributed by atoms with Gasteiger partial charge in [-0.15, -0.1) is 0 Å². The Morgan fingerprint density at radius 1 is 1.00 bits per heavy atom. The van der Waals surface area contributed by atoms with Crippen molar-refractivity contribution in [2.45, 2.75) is 18.9 Å². The van der Waals surface area contributed by atoms with Gasteiger partial charge in [0.15, 0.2) is 0 Å². The van der Waals surface area contributed by atoms with Crippen molar-refractivity contribution in [2.75, 3.05) is 0 Å². The van der Waals surface area contributed by atoms with Gasteiger partial charge >= 0.3 is 0 Å². The van der Waals surface area contributed by atoms with Crippen LogP contribution in [-0.2, 0) is 12.8 Å². The van der Waals surface area contributed by atoms with Crippen LogP contribution in [-0.4, -0.2) is 11.2 Å². The number of halogens is 3. The molecular formula is C15H13BrF2O. The molecule has 19 heavy (non-hydrogen) atoms. The highest BCUT2D eigenvalue weighted by molar-refractivity contribution is 9.10. The van der Waals surface area contributed by atoms with Crippen molar-refractivity contribution < 1.29 is 13.9 Å². The van der Waals surface area contributed by atoms with Crippen LogP contribution in [0.15, 0.2) is 46.9 Å². The van der Waals surface area contributed by atoms with E-state index >= 15 is 0 Å². The average Bonchev–Trinajstić information content (AvgIpc) is 2.34. The Hall–Kier alpha value is -1.26. The number of hydrogen-bond donors (Lipinski definition) is 1. The van der Waals surface area contributed by atoms with Gasteiger partial charge < -0.3 is 5.11 Å². The van der Waals surface area contributed by atoms with Gasteiger partial charge in [-0.05, 0) is 36.2 Å². The van der Waals surface area contributed by atoms with Crippen molar-refractivity contribution in [1.82, 2.24) is 0 Å². The molecule has 2 rings (SSSR count). The molecule has 0 saturated carbocycles. The van der Waals surface area contributed by atoms with Crippen LogP contribution in [0.1, 0.15) is 11.1 Å². The summed E-state index contributed by atoms with van der Waals surface area (Å²) in [7, 11) is 0. The predicted octanol–water partition coefficient (Wildman–Crippen LogP) is 3.87. The number of rotatable bonds is 4. The predicted molar refractivity (Wildman–Crippen MR) is 73.9 cm³/mol. The van der Waals surface area contributed by atoms with Crippen LogP contribution in [0.25, 0.3) is 0 Å². The summed E-state index contributed by atoms with van der Waals surface area (Å²) in [6.07, 6.45) is -0.501. The lowest BCUT2D eigenvalue weighted by atomic mass is 10.0. The maximum atomic E-state index is 13.5. The van der Waals surface area contributed by atoms with Crippen LogP contribution in [0.2, 0.25) is 0 Å². The van der Waals surface area contributed by atoms with Gasteiger partial charge in [0.2, 0.25) is 0 Å². The van der Waals surface area contributed by atoms with Crippen LogP contribution in [0.5, 0.6) is 0 Å². The molecule has 0 aliphatic carbocycles. The fourth-order valence-corrected chi connectivity index (χ4v) is 2.42. The van der Waals surface area contributed by atoms with E-state index < -0.39 is 17.7 Å². The molecule has 0 aromatic heterocycles. The minimum absolute atomic E-state index is 0.0367. The van der Waals surface area contributed by atoms with E-state index in [9.17, 15) is 13.9 Å². The molecule has 1 N–H and O–H groups in total. The van der Waals surface area contributed by atoms with Crippen LogP contribution >= 0.6 is 15.9 Å². The third-order valence-electron chi connectivity index (χ3n) is 2.86. The Balaban J connectivity index is 2.07. The lowest BCUT2D eigenvalue weighted by Crippen LogP contribution is -2.16. The Kier molecular flexibility index (Phi) is 4.66. The van der Waals surface area contributed by atoms with Crippen molar-refractivity contribution in [3.8, 4) is 0 Å². The van der Waals surface area contributed by atoms with E-state index in [4.69, 9.17) is 0 Å². The van der Waals surface area contributed by atoms with Gasteiger partial charge in [-0.2, -0.15) is 0 Å². The molecule has 0 spiro atoms. The maximum Gasteiger partial charge on any atom is 0.129 e. The van der Waals surface area contributed by atoms with Gasteiger partial charge in [0.25, 0.3) is 0 Å². The molecule has 0 bridgehead atoms. The second-order valence-corrected chi connectivity index (χ2v) is 5.31. The highest BCUT2D eigenvalue weighted by atomic mass is 79.9. The van der Waals surface area contributed by atoms with Crippen molar-refractivity contribution in [1.29, 1.82) is 0 Å². The van der Waals surface area contributed by atoms with Gasteiger partial charge in [0.1, 0.15) is 11.6 Å². The number of aliphatic hydroxyl groups excluding tert-OH is 1. The second-order valence-electron chi connectivity index (χ2n) is 4.39. The highest BCUT2D eigenvalue weighted by Crippen LogP contribution is 2.17. The highest BCUT2D eigenvalue weighted by Gasteiger charge is 2.14. The molecule has 1 atom stereocenters. The zero-order valence-corrected chi connectivity index (χ0v) is 11.7. The van der Waals surface area contributed by atoms with Crippen molar-refractivity contribution in [2.24, 2.45) is 0 Å². The number of aliphatic hydroxyl groups is 1. The first-order chi connectivity index (χ1) is 9.06. The van der Waals surface area contributed by atoms with E-state index in [-0.39, 0.29) is 12.0 Å². The van der Waals surface area contributed by atoms with Crippen LogP contribution in [0.3, 0.4) is 0 Å². The van der Waals surface area contributed by atoms with Crippen molar-refractivity contribution >= 4 is 15.9 Å². The lowest BCUT2D eigenvalue weighted by molar-refractivity contribution is 0.172. The zero-order chi connectivity index (χ0) is 13.8. The first-order valence-electron chi connectivity index (χ1n) is 5.91. The van der Waals surface area contributed by atoms with E-state index in [1.165, 1.54) is 18.2 Å². The fourth-order valence-electron chi connectivity index (χ4n) is 1.97. The monoisotopic (exact) mass is 326 g/mol. The summed E-state index contributed by atoms with van der Waals surface area (Å²) in [6.45, 7) is 0. The largest absolute Gasteiger partial charge is 0.392 e. The summed E-state index contributed by atoms with van der Waals surface area (Å²) in [4.78, 5) is 0. The third-order valence-corrected chi connectivity index (χ3v) is 3.36. The van der Waals surface area contributed by atoms with E-state index in [2.05, 4.69) is 15.9 Å². The van der Waals surface area contributed by atoms with E-state index in [0.29, 0.717) is 6.42 Å². The molecule has 4 heteroatoms. The first kappa shape index (κ1) is 14.2. The zero-order valence-electron chi connectivity index (χ0n) is 10.1. The SMILES string of the molecule is OC(Cc1cccc(Br)c1)Cc1c(F)cccc1F. The van der Waals surface area contributed by atoms with Crippen LogP contribution in [0.4, 0.5) is 8.78 Å². The summed E-state index contributed by atoms with van der Waals surface area (Å²) in [6, 6.07) is 11.2. The Labute approximate surface area is 119 Å². The van der Waals surface area contributed by atoms with Crippen LogP contribution in [0, 0.1) is 11.6 Å². The quantitative estimate of drug-likeness (QED) is 0.904. The Morgan fingerprint density at radius 2 is 1.63 bits per heavy atom. The molecule has 0 radical (unpaired) electrons. The van der Waals surface area contributed by atoms with Gasteiger partial charge in [-0.3, -0.25) is 0 Å². The van der Waals surface area contributed by atoms with Gasteiger partial charge in [-0.1, -0.05) is 34.1 Å². The van der Waals surface area contributed by atoms with Gasteiger partial charge in [0.05, 0.1) is 6.10 Å². The molecule has 0 aliphatic rings. The normalized spacial score (nSPS) is 12.4. The summed E-state index contributed by atoms with van der Waals surface area (Å²) in [5.41, 5.74) is 0.851. The number of benzene rings is 2. The fraction of sp³-hybridized carbons (Fsp3) is 0.200. The van der Waals surface area contributed by atoms with E-state index in [1.54, 1.807) is 0 Å². The summed E-state index contributed by atoms with van der Waals surface area (Å²) in [5.74, 6) is -1.23. The maximum absolute atomic E-state index is 13.5. The van der Waals surface area contributed by atoms with Crippen LogP contribution < -0.4 is 0 Å². The second kappa shape index (κ2) is 6.26. The third kappa shape index (κ3) is 3.85. The minimum Gasteiger partial charge on any atom is -0.392 e. The summed E-state index contributed by atoms with van der Waals surface area (Å²) in [5, 5.41) is 9.95. The van der Waals surface area contributed by atoms with Crippen molar-refractivity contribution in [3.05, 3.63) is 69.7 Å². The molecule has 2 aromatic carbocycles. The molecule has 1 nitrogen and oxygen atoms in total. The topological polar surface area (TPSA) is 20.2 Å². The summed E-state index contributed by atoms with van der Waals surface area (Å²) >= 11 is 3.34. The summed E-state index contributed by atoms with van der Waals surface area (Å²) < 4.78 is 27.8. The van der Waals surface area contributed by atoms with Gasteiger partial charge in [-0.25, -0.2) is 8.78 Å². The molecule has 0 amide bonds. The van der Waals surface area contributed by atoms with Crippen molar-refractivity contribution in [3.63, 3.8) is 0 Å². The first-order valence-corrected chi connectivity index (χ1v) is 6.71. The average molecular weight is 327 g/mol. The minimum atomic E-state index is -0.819. The molecule has 0 aliphatic heterocycles. The Morgan fingerprint density at radius 3 is 2.26 bits per heavy atom. The standard InChI is InChI=1S/C15H13BrF2O/c16-11-4-1-3-10(7-11)8-12(19)9-13-14(17)5-2-6-15(13)18/h1-7,12,19H,8-9H2. The molecule has 0 heterocycles. The van der Waals surface area contributed by atoms with E-state index in [1.807, 2.05) is 24.3 Å². The Bertz CT molecular complexity index is 552. The molecule has 0 fully saturated rings. The molecular weight excluding hydrogens is 314 g/mol. The molecule has 100 valence electrons. The smallest absolute Gasteiger partial charge is 0.129 e. The lowest BCUT2D eigenvalue weighted by Gasteiger charge is -2.12. The molecule has 0 saturated heterocycles. The van der Waals surface area contributed by atoms with Gasteiger partial charge in [0, 0.05) is 16.5 Å². The molecule has 2 aromatic rings. The van der Waals surface area contributed by atoms with E-state index in [0.717, 1.165) is 10.0 Å². The molecule has 1 unspecified atom stereocenters. The number of hydrogen-bond acceptors (Lipinski definition) is 1.